The molecule has 1 aliphatic heterocycles. The Labute approximate surface area is 148 Å². The van der Waals surface area contributed by atoms with Gasteiger partial charge in [-0.05, 0) is 30.5 Å². The summed E-state index contributed by atoms with van der Waals surface area (Å²) < 4.78 is 32.9. The summed E-state index contributed by atoms with van der Waals surface area (Å²) in [5.74, 6) is 0. The van der Waals surface area contributed by atoms with Gasteiger partial charge < -0.3 is 4.74 Å². The smallest absolute Gasteiger partial charge is 0.244 e. The molecular formula is C18H20ClNO3S. The van der Waals surface area contributed by atoms with Crippen LogP contribution in [-0.2, 0) is 21.2 Å². The van der Waals surface area contributed by atoms with Gasteiger partial charge in [0.2, 0.25) is 10.0 Å². The van der Waals surface area contributed by atoms with Crippen molar-refractivity contribution < 1.29 is 13.2 Å². The first-order chi connectivity index (χ1) is 11.6. The van der Waals surface area contributed by atoms with Gasteiger partial charge in [0.1, 0.15) is 4.90 Å². The van der Waals surface area contributed by atoms with Crippen LogP contribution in [0.1, 0.15) is 12.0 Å². The maximum Gasteiger partial charge on any atom is 0.244 e. The number of rotatable bonds is 5. The van der Waals surface area contributed by atoms with E-state index in [0.29, 0.717) is 19.7 Å². The number of hydrogen-bond donors (Lipinski definition) is 0. The molecule has 2 aromatic carbocycles. The van der Waals surface area contributed by atoms with Crippen molar-refractivity contribution in [3.8, 4) is 0 Å². The molecule has 4 nitrogen and oxygen atoms in total. The SMILES string of the molecule is O=S(=O)(c1ccccc1Cl)N1CCOC(CCc2ccccc2)C1. The third kappa shape index (κ3) is 3.98. The van der Waals surface area contributed by atoms with Crippen LogP contribution >= 0.6 is 11.6 Å². The van der Waals surface area contributed by atoms with Gasteiger partial charge in [-0.3, -0.25) is 0 Å². The molecule has 128 valence electrons. The molecular weight excluding hydrogens is 346 g/mol. The Morgan fingerprint density at radius 2 is 1.79 bits per heavy atom. The van der Waals surface area contributed by atoms with E-state index in [1.807, 2.05) is 18.2 Å². The van der Waals surface area contributed by atoms with Crippen molar-refractivity contribution in [2.75, 3.05) is 19.7 Å². The lowest BCUT2D eigenvalue weighted by Gasteiger charge is -2.32. The van der Waals surface area contributed by atoms with Crippen LogP contribution in [0.15, 0.2) is 59.5 Å². The van der Waals surface area contributed by atoms with Crippen molar-refractivity contribution in [3.63, 3.8) is 0 Å². The molecule has 0 aliphatic carbocycles. The number of hydrogen-bond acceptors (Lipinski definition) is 3. The Hall–Kier alpha value is -1.40. The zero-order valence-corrected chi connectivity index (χ0v) is 14.8. The van der Waals surface area contributed by atoms with Crippen LogP contribution in [0.5, 0.6) is 0 Å². The Kier molecular flexibility index (Phi) is 5.56. The lowest BCUT2D eigenvalue weighted by Crippen LogP contribution is -2.45. The second-order valence-corrected chi connectivity index (χ2v) is 8.12. The highest BCUT2D eigenvalue weighted by Crippen LogP contribution is 2.26. The van der Waals surface area contributed by atoms with Crippen molar-refractivity contribution in [3.05, 3.63) is 65.2 Å². The van der Waals surface area contributed by atoms with E-state index in [1.165, 1.54) is 9.87 Å². The van der Waals surface area contributed by atoms with E-state index in [4.69, 9.17) is 16.3 Å². The van der Waals surface area contributed by atoms with Crippen molar-refractivity contribution in [2.24, 2.45) is 0 Å². The van der Waals surface area contributed by atoms with Gasteiger partial charge in [-0.15, -0.1) is 0 Å². The fraction of sp³-hybridized carbons (Fsp3) is 0.333. The number of morpholine rings is 1. The van der Waals surface area contributed by atoms with Gasteiger partial charge >= 0.3 is 0 Å². The van der Waals surface area contributed by atoms with Crippen LogP contribution in [0.25, 0.3) is 0 Å². The Balaban J connectivity index is 1.68. The van der Waals surface area contributed by atoms with Gasteiger partial charge in [0.05, 0.1) is 17.7 Å². The van der Waals surface area contributed by atoms with Gasteiger partial charge in [0, 0.05) is 13.1 Å². The normalized spacial score (nSPS) is 19.3. The second kappa shape index (κ2) is 7.66. The van der Waals surface area contributed by atoms with Gasteiger partial charge in [-0.1, -0.05) is 54.1 Å². The number of sulfonamides is 1. The molecule has 0 spiro atoms. The van der Waals surface area contributed by atoms with Crippen LogP contribution in [-0.4, -0.2) is 38.5 Å². The van der Waals surface area contributed by atoms with E-state index >= 15 is 0 Å². The summed E-state index contributed by atoms with van der Waals surface area (Å²) >= 11 is 6.07. The fourth-order valence-corrected chi connectivity index (χ4v) is 4.80. The summed E-state index contributed by atoms with van der Waals surface area (Å²) in [6.45, 7) is 1.12. The molecule has 1 fully saturated rings. The number of halogens is 1. The van der Waals surface area contributed by atoms with Crippen LogP contribution in [0.2, 0.25) is 5.02 Å². The first-order valence-electron chi connectivity index (χ1n) is 7.97. The van der Waals surface area contributed by atoms with E-state index in [-0.39, 0.29) is 16.0 Å². The van der Waals surface area contributed by atoms with Crippen LogP contribution < -0.4 is 0 Å². The maximum atomic E-state index is 12.8. The zero-order valence-electron chi connectivity index (χ0n) is 13.3. The number of aryl methyl sites for hydroxylation is 1. The Morgan fingerprint density at radius 3 is 2.54 bits per heavy atom. The molecule has 0 N–H and O–H groups in total. The third-order valence-electron chi connectivity index (χ3n) is 4.15. The molecule has 2 aromatic rings. The molecule has 0 bridgehead atoms. The number of ether oxygens (including phenoxy) is 1. The molecule has 0 aromatic heterocycles. The lowest BCUT2D eigenvalue weighted by molar-refractivity contribution is -0.00526. The minimum Gasteiger partial charge on any atom is -0.375 e. The van der Waals surface area contributed by atoms with Crippen molar-refractivity contribution in [1.29, 1.82) is 0 Å². The van der Waals surface area contributed by atoms with Crippen LogP contribution in [0.4, 0.5) is 0 Å². The molecule has 1 unspecified atom stereocenters. The largest absolute Gasteiger partial charge is 0.375 e. The molecule has 24 heavy (non-hydrogen) atoms. The highest BCUT2D eigenvalue weighted by molar-refractivity contribution is 7.89. The average molecular weight is 366 g/mol. The van der Waals surface area contributed by atoms with Gasteiger partial charge in [0.25, 0.3) is 0 Å². The highest BCUT2D eigenvalue weighted by Gasteiger charge is 2.31. The topological polar surface area (TPSA) is 46.6 Å². The molecule has 6 heteroatoms. The van der Waals surface area contributed by atoms with Crippen molar-refractivity contribution in [1.82, 2.24) is 4.31 Å². The molecule has 0 saturated carbocycles. The Morgan fingerprint density at radius 1 is 1.08 bits per heavy atom. The summed E-state index contributed by atoms with van der Waals surface area (Å²) in [5.41, 5.74) is 1.23. The van der Waals surface area contributed by atoms with E-state index in [1.54, 1.807) is 24.3 Å². The first kappa shape index (κ1) is 17.4. The monoisotopic (exact) mass is 365 g/mol. The maximum absolute atomic E-state index is 12.8. The summed E-state index contributed by atoms with van der Waals surface area (Å²) in [7, 11) is -3.59. The third-order valence-corrected chi connectivity index (χ3v) is 6.52. The molecule has 1 saturated heterocycles. The quantitative estimate of drug-likeness (QED) is 0.816. The van der Waals surface area contributed by atoms with Crippen LogP contribution in [0, 0.1) is 0 Å². The standard InChI is InChI=1S/C18H20ClNO3S/c19-17-8-4-5-9-18(17)24(21,22)20-12-13-23-16(14-20)11-10-15-6-2-1-3-7-15/h1-9,16H,10-14H2. The van der Waals surface area contributed by atoms with Gasteiger partial charge in [-0.25, -0.2) is 8.42 Å². The average Bonchev–Trinajstić information content (AvgIpc) is 2.61. The summed E-state index contributed by atoms with van der Waals surface area (Å²) in [4.78, 5) is 0.162. The van der Waals surface area contributed by atoms with Gasteiger partial charge in [-0.2, -0.15) is 4.31 Å². The minimum absolute atomic E-state index is 0.101. The molecule has 0 amide bonds. The van der Waals surface area contributed by atoms with E-state index in [2.05, 4.69) is 12.1 Å². The van der Waals surface area contributed by atoms with Crippen LogP contribution in [0.3, 0.4) is 0 Å². The zero-order chi connectivity index (χ0) is 17.0. The van der Waals surface area contributed by atoms with Crippen molar-refractivity contribution >= 4 is 21.6 Å². The molecule has 1 atom stereocenters. The van der Waals surface area contributed by atoms with E-state index in [0.717, 1.165) is 12.8 Å². The van der Waals surface area contributed by atoms with E-state index < -0.39 is 10.0 Å². The summed E-state index contributed by atoms with van der Waals surface area (Å²) in [6, 6.07) is 16.7. The second-order valence-electron chi connectivity index (χ2n) is 5.81. The minimum atomic E-state index is -3.59. The molecule has 3 rings (SSSR count). The van der Waals surface area contributed by atoms with Crippen molar-refractivity contribution in [2.45, 2.75) is 23.8 Å². The summed E-state index contributed by atoms with van der Waals surface area (Å²) in [6.07, 6.45) is 1.56. The predicted molar refractivity (Wildman–Crippen MR) is 94.7 cm³/mol. The lowest BCUT2D eigenvalue weighted by atomic mass is 10.1. The number of benzene rings is 2. The van der Waals surface area contributed by atoms with E-state index in [9.17, 15) is 8.42 Å². The molecule has 1 aliphatic rings. The van der Waals surface area contributed by atoms with Gasteiger partial charge in [0.15, 0.2) is 0 Å². The summed E-state index contributed by atoms with van der Waals surface area (Å²) in [5, 5.41) is 0.254. The highest BCUT2D eigenvalue weighted by atomic mass is 35.5. The first-order valence-corrected chi connectivity index (χ1v) is 9.79. The molecule has 0 radical (unpaired) electrons. The Bertz CT molecular complexity index is 780. The predicted octanol–water partition coefficient (Wildman–Crippen LogP) is 3.36. The fourth-order valence-electron chi connectivity index (χ4n) is 2.85. The number of nitrogens with zero attached hydrogens (tertiary/aromatic N) is 1. The molecule has 1 heterocycles.